The van der Waals surface area contributed by atoms with Crippen LogP contribution in [0.15, 0.2) is 258 Å². The van der Waals surface area contributed by atoms with Gasteiger partial charge in [0.15, 0.2) is 0 Å². The molecule has 3 unspecified atom stereocenters. The average Bonchev–Trinajstić information content (AvgIpc) is 4.43. The first-order chi connectivity index (χ1) is 40.1. The number of fused-ring (bicyclic) bond motifs is 9. The number of hydrogen-bond acceptors (Lipinski definition) is 3. The van der Waals surface area contributed by atoms with Crippen LogP contribution in [-0.2, 0) is 6.42 Å². The molecule has 2 aliphatic heterocycles. The molecule has 0 saturated heterocycles. The zero-order valence-corrected chi connectivity index (χ0v) is 45.4. The smallest absolute Gasteiger partial charge is 0.135 e. The van der Waals surface area contributed by atoms with Gasteiger partial charge in [-0.3, -0.25) is 4.99 Å². The Morgan fingerprint density at radius 2 is 1.22 bits per heavy atom. The summed E-state index contributed by atoms with van der Waals surface area (Å²) < 4.78 is 16.2. The molecule has 0 N–H and O–H groups in total. The van der Waals surface area contributed by atoms with Gasteiger partial charge in [-0.1, -0.05) is 207 Å². The Balaban J connectivity index is 0.843. The van der Waals surface area contributed by atoms with Crippen molar-refractivity contribution in [1.82, 2.24) is 4.57 Å². The Morgan fingerprint density at radius 3 is 2.04 bits per heavy atom. The minimum atomic E-state index is -0.0595. The van der Waals surface area contributed by atoms with E-state index in [1.165, 1.54) is 105 Å². The van der Waals surface area contributed by atoms with Crippen molar-refractivity contribution in [2.45, 2.75) is 57.5 Å². The van der Waals surface area contributed by atoms with Gasteiger partial charge in [0.05, 0.1) is 22.4 Å². The number of hydrogen-bond donors (Lipinski definition) is 0. The highest BCUT2D eigenvalue weighted by molar-refractivity contribution is 6.12. The second-order valence-electron chi connectivity index (χ2n) is 22.1. The first kappa shape index (κ1) is 48.6. The van der Waals surface area contributed by atoms with E-state index in [0.717, 1.165) is 72.6 Å². The number of allylic oxidation sites excluding steroid dienone is 6. The van der Waals surface area contributed by atoms with Crippen LogP contribution in [0.3, 0.4) is 0 Å². The summed E-state index contributed by atoms with van der Waals surface area (Å²) >= 11 is 0. The van der Waals surface area contributed by atoms with Crippen LogP contribution in [0.4, 0.5) is 0 Å². The van der Waals surface area contributed by atoms with Gasteiger partial charge in [0.25, 0.3) is 0 Å². The third-order valence-corrected chi connectivity index (χ3v) is 17.3. The van der Waals surface area contributed by atoms with Crippen molar-refractivity contribution in [1.29, 1.82) is 0 Å². The van der Waals surface area contributed by atoms with Gasteiger partial charge >= 0.3 is 0 Å². The fraction of sp³-hybridized carbons (Fsp3) is 0.130. The zero-order valence-electron chi connectivity index (χ0n) is 45.4. The van der Waals surface area contributed by atoms with Gasteiger partial charge in [-0.2, -0.15) is 0 Å². The summed E-state index contributed by atoms with van der Waals surface area (Å²) in [7, 11) is 0. The standard InChI is InChI=1S/C77H60N2O2/c1-2-50-49-68(55-38-36-53(37-39-55)51-20-6-3-7-21-51)78-67(54-24-10-5-11-25-54)32-15-12-28-60(50)63-31-19-35-73-75(63)66-48-58(41-44-72(66)81-73)56-26-18-27-59(46-56)61-42-45-74-76(64-30-14-17-34-71(64)80-74)77(61)79-69-33-16-13-29-62(69)65-47-57(40-43-70(65)79)52-22-8-4-9-23-52/h3-11,13-14,16-31,33-40,42-43,45-50,64,71H,2,12,15,32,41,44H2,1H3/b60-28?,68-49-,78-67?. The lowest BCUT2D eigenvalue weighted by molar-refractivity contribution is 0.269. The van der Waals surface area contributed by atoms with E-state index in [4.69, 9.17) is 14.1 Å². The molecular formula is C77H60N2O2. The number of rotatable bonds is 9. The van der Waals surface area contributed by atoms with Crippen LogP contribution in [0.5, 0.6) is 5.75 Å². The van der Waals surface area contributed by atoms with Crippen molar-refractivity contribution in [3.8, 4) is 44.8 Å². The number of furan rings is 1. The predicted molar refractivity (Wildman–Crippen MR) is 338 cm³/mol. The van der Waals surface area contributed by atoms with E-state index in [-0.39, 0.29) is 17.9 Å². The summed E-state index contributed by atoms with van der Waals surface area (Å²) in [5, 5.41) is 3.66. The highest BCUT2D eigenvalue weighted by atomic mass is 16.5. The van der Waals surface area contributed by atoms with Crippen LogP contribution in [0.2, 0.25) is 0 Å². The monoisotopic (exact) mass is 1040 g/mol. The van der Waals surface area contributed by atoms with Gasteiger partial charge in [-0.15, -0.1) is 0 Å². The maximum Gasteiger partial charge on any atom is 0.135 e. The highest BCUT2D eigenvalue weighted by Gasteiger charge is 2.37. The molecular weight excluding hydrogens is 985 g/mol. The number of para-hydroxylation sites is 1. The fourth-order valence-corrected chi connectivity index (χ4v) is 13.3. The first-order valence-corrected chi connectivity index (χ1v) is 29.0. The molecule has 0 amide bonds. The molecule has 2 aromatic heterocycles. The largest absolute Gasteiger partial charge is 0.485 e. The van der Waals surface area contributed by atoms with E-state index < -0.39 is 0 Å². The number of benzene rings is 9. The van der Waals surface area contributed by atoms with E-state index in [1.807, 2.05) is 0 Å². The molecule has 9 aromatic carbocycles. The van der Waals surface area contributed by atoms with E-state index in [0.29, 0.717) is 0 Å². The minimum absolute atomic E-state index is 0.0595. The molecule has 0 spiro atoms. The summed E-state index contributed by atoms with van der Waals surface area (Å²) in [6, 6.07) is 77.4. The summed E-state index contributed by atoms with van der Waals surface area (Å²) in [6.45, 7) is 2.32. The van der Waals surface area contributed by atoms with E-state index in [1.54, 1.807) is 0 Å². The molecule has 2 aliphatic carbocycles. The summed E-state index contributed by atoms with van der Waals surface area (Å²) in [6.07, 6.45) is 21.6. The van der Waals surface area contributed by atoms with Crippen molar-refractivity contribution in [2.24, 2.45) is 10.9 Å². The average molecular weight is 1050 g/mol. The lowest BCUT2D eigenvalue weighted by Gasteiger charge is -2.22. The van der Waals surface area contributed by atoms with Crippen LogP contribution in [0.1, 0.15) is 84.1 Å². The number of aromatic nitrogens is 1. The van der Waals surface area contributed by atoms with Gasteiger partial charge in [0.1, 0.15) is 23.2 Å². The molecule has 4 heteroatoms. The number of aliphatic imine (C=N–C) groups is 1. The van der Waals surface area contributed by atoms with Crippen molar-refractivity contribution in [3.63, 3.8) is 0 Å². The molecule has 81 heavy (non-hydrogen) atoms. The van der Waals surface area contributed by atoms with Gasteiger partial charge in [-0.05, 0) is 148 Å². The number of nitrogens with zero attached hydrogens (tertiary/aromatic N) is 2. The molecule has 0 bridgehead atoms. The van der Waals surface area contributed by atoms with Gasteiger partial charge in [-0.25, -0.2) is 0 Å². The van der Waals surface area contributed by atoms with Gasteiger partial charge in [0.2, 0.25) is 0 Å². The normalized spacial score (nSPS) is 18.3. The molecule has 390 valence electrons. The van der Waals surface area contributed by atoms with Crippen LogP contribution in [-0.4, -0.2) is 16.4 Å². The molecule has 3 atom stereocenters. The predicted octanol–water partition coefficient (Wildman–Crippen LogP) is 20.1. The fourth-order valence-electron chi connectivity index (χ4n) is 13.3. The van der Waals surface area contributed by atoms with E-state index in [9.17, 15) is 0 Å². The van der Waals surface area contributed by atoms with Crippen molar-refractivity contribution in [2.75, 3.05) is 0 Å². The lowest BCUT2D eigenvalue weighted by Crippen LogP contribution is -2.16. The lowest BCUT2D eigenvalue weighted by atomic mass is 9.83. The van der Waals surface area contributed by atoms with Crippen LogP contribution < -0.4 is 4.74 Å². The second-order valence-corrected chi connectivity index (χ2v) is 22.1. The Hall–Kier alpha value is -9.51. The molecule has 4 nitrogen and oxygen atoms in total. The quantitative estimate of drug-likeness (QED) is 0.145. The molecule has 15 rings (SSSR count). The van der Waals surface area contributed by atoms with Crippen molar-refractivity contribution in [3.05, 3.63) is 288 Å². The molecule has 11 aromatic rings. The summed E-state index contributed by atoms with van der Waals surface area (Å²) in [5.74, 6) is 2.19. The Morgan fingerprint density at radius 1 is 0.543 bits per heavy atom. The van der Waals surface area contributed by atoms with Crippen LogP contribution in [0.25, 0.3) is 94.8 Å². The Bertz CT molecular complexity index is 4430. The topological polar surface area (TPSA) is 39.7 Å². The van der Waals surface area contributed by atoms with Crippen LogP contribution in [0, 0.1) is 5.92 Å². The van der Waals surface area contributed by atoms with E-state index in [2.05, 4.69) is 266 Å². The molecule has 4 heterocycles. The van der Waals surface area contributed by atoms with Crippen LogP contribution >= 0.6 is 0 Å². The van der Waals surface area contributed by atoms with Crippen molar-refractivity contribution < 1.29 is 9.15 Å². The summed E-state index contributed by atoms with van der Waals surface area (Å²) in [4.78, 5) is 5.61. The Labute approximate surface area is 473 Å². The van der Waals surface area contributed by atoms with Gasteiger partial charge in [0, 0.05) is 56.8 Å². The maximum atomic E-state index is 6.88. The second kappa shape index (κ2) is 20.6. The third kappa shape index (κ3) is 8.74. The maximum absolute atomic E-state index is 6.88. The van der Waals surface area contributed by atoms with Gasteiger partial charge < -0.3 is 13.7 Å². The third-order valence-electron chi connectivity index (χ3n) is 17.3. The minimum Gasteiger partial charge on any atom is -0.485 e. The van der Waals surface area contributed by atoms with Crippen molar-refractivity contribution >= 4 is 61.4 Å². The Kier molecular flexibility index (Phi) is 12.4. The summed E-state index contributed by atoms with van der Waals surface area (Å²) in [5.41, 5.74) is 23.6. The molecule has 0 fully saturated rings. The molecule has 0 radical (unpaired) electrons. The molecule has 0 saturated carbocycles. The SMILES string of the molecule is CCC1/C=C(/c2ccc(-c3ccccc3)cc2)N=C(c2ccccc2)CCCC=C1c1cccc2oc3c(c12)C=C(c1cccc(-c2ccc4c(c2-n2c5ccccc5c5cc(-c6ccccc6)ccc52)C2C=CC=CC2O4)c1)CC3. The number of aryl methyl sites for hydroxylation is 1. The number of ether oxygens (including phenoxy) is 1. The van der Waals surface area contributed by atoms with E-state index >= 15 is 0 Å². The zero-order chi connectivity index (χ0) is 53.8. The highest BCUT2D eigenvalue weighted by Crippen LogP contribution is 2.51. The first-order valence-electron chi connectivity index (χ1n) is 29.0. The molecule has 4 aliphatic rings.